The van der Waals surface area contributed by atoms with Gasteiger partial charge in [-0.3, -0.25) is 4.31 Å². The van der Waals surface area contributed by atoms with Gasteiger partial charge >= 0.3 is 0 Å². The molecular formula is C20H20N2O2S2. The molecule has 0 saturated carbocycles. The Balaban J connectivity index is 1.90. The van der Waals surface area contributed by atoms with E-state index in [4.69, 9.17) is 0 Å². The number of hydrogen-bond acceptors (Lipinski definition) is 4. The molecule has 4 rings (SSSR count). The summed E-state index contributed by atoms with van der Waals surface area (Å²) in [6.45, 7) is 2.60. The lowest BCUT2D eigenvalue weighted by atomic mass is 9.96. The molecule has 2 aromatic carbocycles. The summed E-state index contributed by atoms with van der Waals surface area (Å²) >= 11 is 1.66. The van der Waals surface area contributed by atoms with Gasteiger partial charge in [-0.25, -0.2) is 8.42 Å². The van der Waals surface area contributed by atoms with Gasteiger partial charge in [-0.15, -0.1) is 0 Å². The topological polar surface area (TPSA) is 49.4 Å². The van der Waals surface area contributed by atoms with Gasteiger partial charge in [0.05, 0.1) is 16.6 Å². The third-order valence-corrected chi connectivity index (χ3v) is 7.36. The number of nitrogens with one attached hydrogen (secondary N) is 1. The molecule has 26 heavy (non-hydrogen) atoms. The number of aryl methyl sites for hydroxylation is 1. The van der Waals surface area contributed by atoms with Gasteiger partial charge in [0.25, 0.3) is 10.0 Å². The number of thiophene rings is 1. The van der Waals surface area contributed by atoms with Crippen molar-refractivity contribution in [2.45, 2.75) is 24.4 Å². The number of fused-ring (bicyclic) bond motifs is 2. The van der Waals surface area contributed by atoms with Crippen LogP contribution < -0.4 is 9.62 Å². The zero-order valence-corrected chi connectivity index (χ0v) is 16.3. The van der Waals surface area contributed by atoms with Crippen LogP contribution in [0.2, 0.25) is 0 Å². The highest BCUT2D eigenvalue weighted by atomic mass is 32.2. The average molecular weight is 385 g/mol. The molecule has 1 aromatic heterocycles. The molecule has 4 nitrogen and oxygen atoms in total. The SMILES string of the molecule is Cc1ccc2c(c1)S(=O)(=O)N(C)c1ccccc1C2NCc1ccsc1. The van der Waals surface area contributed by atoms with Crippen molar-refractivity contribution in [1.29, 1.82) is 0 Å². The zero-order chi connectivity index (χ0) is 18.3. The second-order valence-electron chi connectivity index (χ2n) is 6.52. The van der Waals surface area contributed by atoms with Crippen molar-refractivity contribution in [2.75, 3.05) is 11.4 Å². The van der Waals surface area contributed by atoms with Crippen LogP contribution in [-0.2, 0) is 16.6 Å². The molecule has 6 heteroatoms. The summed E-state index contributed by atoms with van der Waals surface area (Å²) in [5.74, 6) is 0. The van der Waals surface area contributed by atoms with Gasteiger partial charge in [-0.05, 0) is 58.1 Å². The molecule has 0 bridgehead atoms. The molecule has 0 amide bonds. The van der Waals surface area contributed by atoms with Gasteiger partial charge in [0.15, 0.2) is 0 Å². The molecule has 0 radical (unpaired) electrons. The molecule has 0 aliphatic carbocycles. The van der Waals surface area contributed by atoms with E-state index in [1.54, 1.807) is 24.5 Å². The summed E-state index contributed by atoms with van der Waals surface area (Å²) in [5.41, 5.74) is 4.60. The first-order valence-electron chi connectivity index (χ1n) is 8.41. The highest BCUT2D eigenvalue weighted by Gasteiger charge is 2.34. The first-order chi connectivity index (χ1) is 12.5. The molecule has 1 unspecified atom stereocenters. The van der Waals surface area contributed by atoms with E-state index >= 15 is 0 Å². The second-order valence-corrected chi connectivity index (χ2v) is 9.24. The minimum atomic E-state index is -3.60. The van der Waals surface area contributed by atoms with E-state index in [0.717, 1.165) is 16.7 Å². The van der Waals surface area contributed by atoms with Crippen LogP contribution in [0.25, 0.3) is 0 Å². The van der Waals surface area contributed by atoms with Crippen LogP contribution in [0.5, 0.6) is 0 Å². The highest BCUT2D eigenvalue weighted by molar-refractivity contribution is 7.92. The maximum absolute atomic E-state index is 13.2. The van der Waals surface area contributed by atoms with Crippen LogP contribution in [0, 0.1) is 6.92 Å². The predicted octanol–water partition coefficient (Wildman–Crippen LogP) is 4.07. The van der Waals surface area contributed by atoms with Crippen molar-refractivity contribution in [1.82, 2.24) is 5.32 Å². The molecule has 0 spiro atoms. The maximum Gasteiger partial charge on any atom is 0.264 e. The number of sulfonamides is 1. The summed E-state index contributed by atoms with van der Waals surface area (Å²) in [7, 11) is -1.98. The van der Waals surface area contributed by atoms with E-state index in [1.807, 2.05) is 48.7 Å². The number of para-hydroxylation sites is 1. The standard InChI is InChI=1S/C20H20N2O2S2/c1-14-7-8-17-19(11-14)26(23,24)22(2)18-6-4-3-5-16(18)20(17)21-12-15-9-10-25-13-15/h3-11,13,20-21H,12H2,1-2H3. The van der Waals surface area contributed by atoms with Gasteiger partial charge in [0, 0.05) is 13.6 Å². The summed E-state index contributed by atoms with van der Waals surface area (Å²) in [5, 5.41) is 7.72. The molecule has 1 aliphatic rings. The van der Waals surface area contributed by atoms with Crippen LogP contribution in [0.4, 0.5) is 5.69 Å². The van der Waals surface area contributed by atoms with Gasteiger partial charge in [0.2, 0.25) is 0 Å². The van der Waals surface area contributed by atoms with E-state index in [-0.39, 0.29) is 6.04 Å². The van der Waals surface area contributed by atoms with Crippen LogP contribution in [-0.4, -0.2) is 15.5 Å². The van der Waals surface area contributed by atoms with Gasteiger partial charge < -0.3 is 5.32 Å². The number of benzene rings is 2. The van der Waals surface area contributed by atoms with Gasteiger partial charge in [0.1, 0.15) is 0 Å². The van der Waals surface area contributed by atoms with Crippen molar-refractivity contribution in [2.24, 2.45) is 0 Å². The molecular weight excluding hydrogens is 364 g/mol. The molecule has 0 saturated heterocycles. The Morgan fingerprint density at radius 1 is 1.12 bits per heavy atom. The molecule has 1 N–H and O–H groups in total. The van der Waals surface area contributed by atoms with Crippen molar-refractivity contribution in [3.63, 3.8) is 0 Å². The van der Waals surface area contributed by atoms with Crippen LogP contribution in [0.3, 0.4) is 0 Å². The number of hydrogen-bond donors (Lipinski definition) is 1. The Hall–Kier alpha value is -2.15. The Kier molecular flexibility index (Phi) is 4.34. The third kappa shape index (κ3) is 2.84. The monoisotopic (exact) mass is 384 g/mol. The van der Waals surface area contributed by atoms with Gasteiger partial charge in [-0.2, -0.15) is 11.3 Å². The fraction of sp³-hybridized carbons (Fsp3) is 0.200. The van der Waals surface area contributed by atoms with E-state index < -0.39 is 10.0 Å². The van der Waals surface area contributed by atoms with Crippen LogP contribution >= 0.6 is 11.3 Å². The van der Waals surface area contributed by atoms with E-state index in [0.29, 0.717) is 17.1 Å². The van der Waals surface area contributed by atoms with Gasteiger partial charge in [-0.1, -0.05) is 30.3 Å². The first kappa shape index (κ1) is 17.3. The molecule has 2 heterocycles. The Labute approximate surface area is 158 Å². The summed E-state index contributed by atoms with van der Waals surface area (Å²) in [6, 6.07) is 15.3. The fourth-order valence-corrected chi connectivity index (χ4v) is 5.61. The minimum absolute atomic E-state index is 0.193. The lowest BCUT2D eigenvalue weighted by molar-refractivity contribution is 0.585. The third-order valence-electron chi connectivity index (χ3n) is 4.80. The quantitative estimate of drug-likeness (QED) is 0.740. The molecule has 0 fully saturated rings. The van der Waals surface area contributed by atoms with E-state index in [1.165, 1.54) is 9.87 Å². The number of rotatable bonds is 3. The van der Waals surface area contributed by atoms with Crippen molar-refractivity contribution in [3.05, 3.63) is 81.5 Å². The van der Waals surface area contributed by atoms with E-state index in [9.17, 15) is 8.42 Å². The normalized spacial score (nSPS) is 18.1. The maximum atomic E-state index is 13.2. The zero-order valence-electron chi connectivity index (χ0n) is 14.6. The summed E-state index contributed by atoms with van der Waals surface area (Å²) in [4.78, 5) is 0.374. The largest absolute Gasteiger partial charge is 0.302 e. The Morgan fingerprint density at radius 2 is 1.92 bits per heavy atom. The first-order valence-corrected chi connectivity index (χ1v) is 10.8. The van der Waals surface area contributed by atoms with Crippen LogP contribution in [0.15, 0.2) is 64.2 Å². The Morgan fingerprint density at radius 3 is 2.69 bits per heavy atom. The van der Waals surface area contributed by atoms with Crippen molar-refractivity contribution >= 4 is 27.0 Å². The minimum Gasteiger partial charge on any atom is -0.302 e. The Bertz CT molecular complexity index is 1040. The van der Waals surface area contributed by atoms with Crippen molar-refractivity contribution < 1.29 is 8.42 Å². The lowest BCUT2D eigenvalue weighted by Gasteiger charge is -2.22. The molecule has 1 atom stereocenters. The van der Waals surface area contributed by atoms with Crippen molar-refractivity contribution in [3.8, 4) is 0 Å². The molecule has 1 aliphatic heterocycles. The average Bonchev–Trinajstić information content (AvgIpc) is 3.14. The van der Waals surface area contributed by atoms with Crippen LogP contribution in [0.1, 0.15) is 28.3 Å². The predicted molar refractivity (Wildman–Crippen MR) is 106 cm³/mol. The fourth-order valence-electron chi connectivity index (χ4n) is 3.40. The van der Waals surface area contributed by atoms with E-state index in [2.05, 4.69) is 16.8 Å². The summed E-state index contributed by atoms with van der Waals surface area (Å²) < 4.78 is 27.8. The highest BCUT2D eigenvalue weighted by Crippen LogP contribution is 2.40. The second kappa shape index (κ2) is 6.54. The summed E-state index contributed by atoms with van der Waals surface area (Å²) in [6.07, 6.45) is 0. The molecule has 3 aromatic rings. The number of nitrogens with zero attached hydrogens (tertiary/aromatic N) is 1. The lowest BCUT2D eigenvalue weighted by Crippen LogP contribution is -2.26. The number of anilines is 1. The molecule has 134 valence electrons. The smallest absolute Gasteiger partial charge is 0.264 e.